The smallest absolute Gasteiger partial charge is 0.254 e. The lowest BCUT2D eigenvalue weighted by Crippen LogP contribution is -2.28. The van der Waals surface area contributed by atoms with Gasteiger partial charge in [0.1, 0.15) is 0 Å². The van der Waals surface area contributed by atoms with Gasteiger partial charge in [0, 0.05) is 30.2 Å². The third-order valence-electron chi connectivity index (χ3n) is 4.36. The van der Waals surface area contributed by atoms with E-state index in [0.29, 0.717) is 17.1 Å². The van der Waals surface area contributed by atoms with Crippen LogP contribution in [0, 0.1) is 6.92 Å². The summed E-state index contributed by atoms with van der Waals surface area (Å²) in [4.78, 5) is 14.5. The normalized spacial score (nSPS) is 14.3. The third kappa shape index (κ3) is 4.26. The number of hydrogen-bond acceptors (Lipinski definition) is 3. The minimum Gasteiger partial charge on any atom is -0.337 e. The van der Waals surface area contributed by atoms with E-state index in [0.717, 1.165) is 24.0 Å². The summed E-state index contributed by atoms with van der Waals surface area (Å²) in [6.45, 7) is 2.14. The van der Waals surface area contributed by atoms with E-state index in [1.807, 2.05) is 18.2 Å². The van der Waals surface area contributed by atoms with Crippen molar-refractivity contribution in [1.82, 2.24) is 9.62 Å². The van der Waals surface area contributed by atoms with Gasteiger partial charge in [-0.25, -0.2) is 13.1 Å². The summed E-state index contributed by atoms with van der Waals surface area (Å²) in [5.41, 5.74) is 1.94. The predicted molar refractivity (Wildman–Crippen MR) is 102 cm³/mol. The van der Waals surface area contributed by atoms with Gasteiger partial charge in [-0.05, 0) is 49.1 Å². The molecule has 1 saturated carbocycles. The largest absolute Gasteiger partial charge is 0.337 e. The summed E-state index contributed by atoms with van der Waals surface area (Å²) < 4.78 is 27.5. The van der Waals surface area contributed by atoms with Gasteiger partial charge in [-0.2, -0.15) is 0 Å². The number of hydrogen-bond donors (Lipinski definition) is 1. The Labute approximate surface area is 159 Å². The molecule has 26 heavy (non-hydrogen) atoms. The fraction of sp³-hybridized carbons (Fsp3) is 0.316. The summed E-state index contributed by atoms with van der Waals surface area (Å²) in [5.74, 6) is -0.245. The second kappa shape index (κ2) is 7.39. The minimum atomic E-state index is -3.60. The van der Waals surface area contributed by atoms with E-state index >= 15 is 0 Å². The number of nitrogens with zero attached hydrogens (tertiary/aromatic N) is 1. The van der Waals surface area contributed by atoms with Gasteiger partial charge < -0.3 is 4.90 Å². The monoisotopic (exact) mass is 392 g/mol. The molecule has 7 heteroatoms. The Hall–Kier alpha value is -1.89. The van der Waals surface area contributed by atoms with Gasteiger partial charge in [-0.15, -0.1) is 0 Å². The van der Waals surface area contributed by atoms with Crippen molar-refractivity contribution in [2.24, 2.45) is 0 Å². The second-order valence-electron chi connectivity index (χ2n) is 6.62. The number of carbonyl (C=O) groups is 1. The molecule has 0 radical (unpaired) electrons. The van der Waals surface area contributed by atoms with E-state index in [9.17, 15) is 13.2 Å². The summed E-state index contributed by atoms with van der Waals surface area (Å²) in [7, 11) is -1.93. The molecule has 0 atom stereocenters. The highest BCUT2D eigenvalue weighted by molar-refractivity contribution is 7.89. The molecule has 0 unspecified atom stereocenters. The first-order chi connectivity index (χ1) is 12.3. The molecule has 0 spiro atoms. The summed E-state index contributed by atoms with van der Waals surface area (Å²) in [6, 6.07) is 12.0. The van der Waals surface area contributed by atoms with Gasteiger partial charge in [0.05, 0.1) is 4.90 Å². The van der Waals surface area contributed by atoms with Gasteiger partial charge in [-0.3, -0.25) is 4.79 Å². The van der Waals surface area contributed by atoms with E-state index in [-0.39, 0.29) is 16.8 Å². The zero-order valence-electron chi connectivity index (χ0n) is 14.7. The Morgan fingerprint density at radius 1 is 1.23 bits per heavy atom. The number of halogens is 1. The van der Waals surface area contributed by atoms with Crippen LogP contribution in [0.15, 0.2) is 47.4 Å². The molecule has 1 N–H and O–H groups in total. The molecule has 3 rings (SSSR count). The lowest BCUT2D eigenvalue weighted by atomic mass is 10.1. The Balaban J connectivity index is 1.84. The SMILES string of the molecule is Cc1ccc(S(=O)(=O)NC2CC2)cc1C(=O)N(C)Cc1ccccc1Cl. The van der Waals surface area contributed by atoms with Crippen molar-refractivity contribution in [2.45, 2.75) is 37.2 Å². The van der Waals surface area contributed by atoms with Crippen molar-refractivity contribution in [1.29, 1.82) is 0 Å². The molecule has 1 aliphatic rings. The lowest BCUT2D eigenvalue weighted by molar-refractivity contribution is 0.0784. The highest BCUT2D eigenvalue weighted by atomic mass is 35.5. The number of rotatable bonds is 6. The fourth-order valence-electron chi connectivity index (χ4n) is 2.65. The minimum absolute atomic E-state index is 0.0170. The molecule has 2 aromatic rings. The molecule has 1 fully saturated rings. The van der Waals surface area contributed by atoms with Crippen LogP contribution in [-0.2, 0) is 16.6 Å². The zero-order valence-corrected chi connectivity index (χ0v) is 16.3. The molecule has 1 amide bonds. The van der Waals surface area contributed by atoms with Crippen LogP contribution in [-0.4, -0.2) is 32.3 Å². The van der Waals surface area contributed by atoms with E-state index in [1.54, 1.807) is 26.1 Å². The highest BCUT2D eigenvalue weighted by Crippen LogP contribution is 2.24. The standard InChI is InChI=1S/C19H21ClN2O3S/c1-13-7-10-16(26(24,25)21-15-8-9-15)11-17(13)19(23)22(2)12-14-5-3-4-6-18(14)20/h3-7,10-11,15,21H,8-9,12H2,1-2H3. The molecule has 138 valence electrons. The van der Waals surface area contributed by atoms with Crippen LogP contribution in [0.4, 0.5) is 0 Å². The topological polar surface area (TPSA) is 66.5 Å². The maximum absolute atomic E-state index is 12.9. The van der Waals surface area contributed by atoms with Gasteiger partial charge in [-0.1, -0.05) is 35.9 Å². The van der Waals surface area contributed by atoms with Crippen LogP contribution in [0.1, 0.15) is 34.3 Å². The van der Waals surface area contributed by atoms with Gasteiger partial charge in [0.25, 0.3) is 5.91 Å². The summed E-state index contributed by atoms with van der Waals surface area (Å²) in [6.07, 6.45) is 1.72. The van der Waals surface area contributed by atoms with Crippen molar-refractivity contribution in [3.05, 3.63) is 64.2 Å². The molecular weight excluding hydrogens is 372 g/mol. The molecule has 0 saturated heterocycles. The van der Waals surface area contributed by atoms with Crippen molar-refractivity contribution >= 4 is 27.5 Å². The number of nitrogens with one attached hydrogen (secondary N) is 1. The highest BCUT2D eigenvalue weighted by Gasteiger charge is 2.28. The van der Waals surface area contributed by atoms with E-state index < -0.39 is 10.0 Å². The molecule has 2 aromatic carbocycles. The van der Waals surface area contributed by atoms with Crippen LogP contribution in [0.3, 0.4) is 0 Å². The van der Waals surface area contributed by atoms with Gasteiger partial charge >= 0.3 is 0 Å². The number of aryl methyl sites for hydroxylation is 1. The second-order valence-corrected chi connectivity index (χ2v) is 8.75. The molecule has 0 bridgehead atoms. The Kier molecular flexibility index (Phi) is 5.37. The first-order valence-corrected chi connectivity index (χ1v) is 10.3. The zero-order chi connectivity index (χ0) is 18.9. The Bertz CT molecular complexity index is 940. The first kappa shape index (κ1) is 18.9. The molecular formula is C19H21ClN2O3S. The number of benzene rings is 2. The third-order valence-corrected chi connectivity index (χ3v) is 6.25. The van der Waals surface area contributed by atoms with Crippen molar-refractivity contribution in [3.8, 4) is 0 Å². The van der Waals surface area contributed by atoms with E-state index in [2.05, 4.69) is 4.72 Å². The van der Waals surface area contributed by atoms with Crippen LogP contribution in [0.25, 0.3) is 0 Å². The quantitative estimate of drug-likeness (QED) is 0.819. The van der Waals surface area contributed by atoms with Crippen molar-refractivity contribution in [2.75, 3.05) is 7.05 Å². The van der Waals surface area contributed by atoms with Crippen LogP contribution in [0.5, 0.6) is 0 Å². The maximum atomic E-state index is 12.9. The lowest BCUT2D eigenvalue weighted by Gasteiger charge is -2.20. The molecule has 0 heterocycles. The van der Waals surface area contributed by atoms with Crippen LogP contribution in [0.2, 0.25) is 5.02 Å². The molecule has 0 aliphatic heterocycles. The maximum Gasteiger partial charge on any atom is 0.254 e. The van der Waals surface area contributed by atoms with Crippen molar-refractivity contribution in [3.63, 3.8) is 0 Å². The van der Waals surface area contributed by atoms with Crippen LogP contribution >= 0.6 is 11.6 Å². The number of sulfonamides is 1. The molecule has 5 nitrogen and oxygen atoms in total. The first-order valence-electron chi connectivity index (χ1n) is 8.40. The van der Waals surface area contributed by atoms with E-state index in [4.69, 9.17) is 11.6 Å². The van der Waals surface area contributed by atoms with Crippen LogP contribution < -0.4 is 4.72 Å². The Morgan fingerprint density at radius 2 is 1.92 bits per heavy atom. The predicted octanol–water partition coefficient (Wildman–Crippen LogP) is 3.36. The van der Waals surface area contributed by atoms with Gasteiger partial charge in [0.15, 0.2) is 0 Å². The molecule has 1 aliphatic carbocycles. The Morgan fingerprint density at radius 3 is 2.58 bits per heavy atom. The summed E-state index contributed by atoms with van der Waals surface area (Å²) in [5, 5.41) is 0.592. The summed E-state index contributed by atoms with van der Waals surface area (Å²) >= 11 is 6.16. The number of amides is 1. The molecule has 0 aromatic heterocycles. The van der Waals surface area contributed by atoms with E-state index in [1.165, 1.54) is 17.0 Å². The van der Waals surface area contributed by atoms with Gasteiger partial charge in [0.2, 0.25) is 10.0 Å². The fourth-order valence-corrected chi connectivity index (χ4v) is 4.17. The van der Waals surface area contributed by atoms with Crippen molar-refractivity contribution < 1.29 is 13.2 Å². The average Bonchev–Trinajstić information content (AvgIpc) is 3.39. The number of carbonyl (C=O) groups excluding carboxylic acids is 1. The average molecular weight is 393 g/mol.